The van der Waals surface area contributed by atoms with Gasteiger partial charge in [0.15, 0.2) is 5.78 Å². The van der Waals surface area contributed by atoms with Crippen LogP contribution in [0.2, 0.25) is 0 Å². The molecule has 2 heterocycles. The van der Waals surface area contributed by atoms with Gasteiger partial charge in [0.25, 0.3) is 0 Å². The third-order valence-electron chi connectivity index (χ3n) is 3.51. The van der Waals surface area contributed by atoms with Gasteiger partial charge in [-0.25, -0.2) is 4.98 Å². The molecule has 0 unspecified atom stereocenters. The molecular formula is C17H18N2OS. The van der Waals surface area contributed by atoms with E-state index in [0.29, 0.717) is 6.42 Å². The number of para-hydroxylation sites is 2. The molecule has 4 heteroatoms. The highest BCUT2D eigenvalue weighted by Gasteiger charge is 2.15. The van der Waals surface area contributed by atoms with E-state index in [4.69, 9.17) is 0 Å². The van der Waals surface area contributed by atoms with Crippen LogP contribution in [0.5, 0.6) is 0 Å². The Morgan fingerprint density at radius 1 is 1.24 bits per heavy atom. The summed E-state index contributed by atoms with van der Waals surface area (Å²) in [5, 5.41) is 0. The number of aromatic nitrogens is 2. The molecule has 108 valence electrons. The highest BCUT2D eigenvalue weighted by molar-refractivity contribution is 7.14. The number of Topliss-reactive ketones (excluding diaryl/α,β-unsaturated/α-hetero) is 1. The standard InChI is InChI=1S/C17H18N2OS/c1-3-10-19-14-7-5-4-6-13(14)18-17(19)11-15(20)16-9-8-12(2)21-16/h4-9H,3,10-11H2,1-2H3. The summed E-state index contributed by atoms with van der Waals surface area (Å²) in [5.74, 6) is 1.02. The van der Waals surface area contributed by atoms with Gasteiger partial charge < -0.3 is 4.57 Å². The molecule has 1 aromatic carbocycles. The first-order chi connectivity index (χ1) is 10.2. The lowest BCUT2D eigenvalue weighted by Crippen LogP contribution is -2.09. The van der Waals surface area contributed by atoms with E-state index in [1.807, 2.05) is 37.3 Å². The van der Waals surface area contributed by atoms with Crippen molar-refractivity contribution in [2.45, 2.75) is 33.2 Å². The van der Waals surface area contributed by atoms with Gasteiger partial charge in [0.1, 0.15) is 5.82 Å². The average Bonchev–Trinajstić information content (AvgIpc) is 3.04. The van der Waals surface area contributed by atoms with Crippen molar-refractivity contribution < 1.29 is 4.79 Å². The largest absolute Gasteiger partial charge is 0.328 e. The molecule has 0 saturated heterocycles. The predicted octanol–water partition coefficient (Wildman–Crippen LogP) is 4.24. The van der Waals surface area contributed by atoms with Crippen LogP contribution in [-0.4, -0.2) is 15.3 Å². The van der Waals surface area contributed by atoms with Crippen molar-refractivity contribution in [2.24, 2.45) is 0 Å². The van der Waals surface area contributed by atoms with Gasteiger partial charge in [-0.15, -0.1) is 11.3 Å². The second kappa shape index (κ2) is 5.82. The Balaban J connectivity index is 1.96. The first-order valence-electron chi connectivity index (χ1n) is 7.23. The molecule has 3 aromatic rings. The second-order valence-electron chi connectivity index (χ2n) is 5.18. The van der Waals surface area contributed by atoms with Crippen molar-refractivity contribution >= 4 is 28.2 Å². The molecule has 0 atom stereocenters. The van der Waals surface area contributed by atoms with Crippen LogP contribution in [0.4, 0.5) is 0 Å². The summed E-state index contributed by atoms with van der Waals surface area (Å²) in [4.78, 5) is 19.1. The van der Waals surface area contributed by atoms with Crippen molar-refractivity contribution in [1.82, 2.24) is 9.55 Å². The number of imidazole rings is 1. The summed E-state index contributed by atoms with van der Waals surface area (Å²) < 4.78 is 2.17. The number of benzene rings is 1. The zero-order valence-electron chi connectivity index (χ0n) is 12.3. The second-order valence-corrected chi connectivity index (χ2v) is 6.47. The SMILES string of the molecule is CCCn1c(CC(=O)c2ccc(C)s2)nc2ccccc21. The fourth-order valence-corrected chi connectivity index (χ4v) is 3.35. The van der Waals surface area contributed by atoms with Crippen molar-refractivity contribution in [3.8, 4) is 0 Å². The summed E-state index contributed by atoms with van der Waals surface area (Å²) in [6.07, 6.45) is 1.40. The number of carbonyl (C=O) groups excluding carboxylic acids is 1. The fraction of sp³-hybridized carbons (Fsp3) is 0.294. The molecule has 0 aliphatic heterocycles. The molecule has 0 aliphatic rings. The highest BCUT2D eigenvalue weighted by atomic mass is 32.1. The van der Waals surface area contributed by atoms with E-state index in [2.05, 4.69) is 22.5 Å². The van der Waals surface area contributed by atoms with Gasteiger partial charge >= 0.3 is 0 Å². The maximum Gasteiger partial charge on any atom is 0.180 e. The number of ketones is 1. The minimum atomic E-state index is 0.153. The molecule has 0 N–H and O–H groups in total. The number of nitrogens with zero attached hydrogens (tertiary/aromatic N) is 2. The van der Waals surface area contributed by atoms with E-state index in [9.17, 15) is 4.79 Å². The van der Waals surface area contributed by atoms with Crippen LogP contribution in [0.1, 0.15) is 33.7 Å². The van der Waals surface area contributed by atoms with Crippen LogP contribution >= 0.6 is 11.3 Å². The Kier molecular flexibility index (Phi) is 3.88. The first kappa shape index (κ1) is 14.0. The molecule has 0 amide bonds. The Bertz CT molecular complexity index is 785. The number of aryl methyl sites for hydroxylation is 2. The summed E-state index contributed by atoms with van der Waals surface area (Å²) in [6, 6.07) is 12.0. The number of hydrogen-bond acceptors (Lipinski definition) is 3. The minimum Gasteiger partial charge on any atom is -0.328 e. The topological polar surface area (TPSA) is 34.9 Å². The van der Waals surface area contributed by atoms with Gasteiger partial charge in [-0.05, 0) is 37.6 Å². The van der Waals surface area contributed by atoms with Crippen LogP contribution in [0.15, 0.2) is 36.4 Å². The number of hydrogen-bond donors (Lipinski definition) is 0. The van der Waals surface area contributed by atoms with Crippen LogP contribution in [0.25, 0.3) is 11.0 Å². The first-order valence-corrected chi connectivity index (χ1v) is 8.04. The van der Waals surface area contributed by atoms with Crippen LogP contribution in [-0.2, 0) is 13.0 Å². The van der Waals surface area contributed by atoms with E-state index in [-0.39, 0.29) is 5.78 Å². The van der Waals surface area contributed by atoms with Crippen molar-refractivity contribution in [2.75, 3.05) is 0 Å². The van der Waals surface area contributed by atoms with Crippen LogP contribution in [0, 0.1) is 6.92 Å². The average molecular weight is 298 g/mol. The lowest BCUT2D eigenvalue weighted by atomic mass is 10.2. The molecule has 3 nitrogen and oxygen atoms in total. The lowest BCUT2D eigenvalue weighted by molar-refractivity contribution is 0.0993. The normalized spacial score (nSPS) is 11.1. The number of thiophene rings is 1. The quantitative estimate of drug-likeness (QED) is 0.660. The lowest BCUT2D eigenvalue weighted by Gasteiger charge is -2.06. The number of rotatable bonds is 5. The zero-order valence-corrected chi connectivity index (χ0v) is 13.1. The molecule has 0 radical (unpaired) electrons. The molecule has 2 aromatic heterocycles. The highest BCUT2D eigenvalue weighted by Crippen LogP contribution is 2.20. The fourth-order valence-electron chi connectivity index (χ4n) is 2.55. The van der Waals surface area contributed by atoms with Crippen LogP contribution < -0.4 is 0 Å². The molecule has 21 heavy (non-hydrogen) atoms. The predicted molar refractivity (Wildman–Crippen MR) is 87.1 cm³/mol. The van der Waals surface area contributed by atoms with Crippen molar-refractivity contribution in [1.29, 1.82) is 0 Å². The molecule has 0 aliphatic carbocycles. The summed E-state index contributed by atoms with van der Waals surface area (Å²) in [7, 11) is 0. The summed E-state index contributed by atoms with van der Waals surface area (Å²) >= 11 is 1.55. The summed E-state index contributed by atoms with van der Waals surface area (Å²) in [6.45, 7) is 5.06. The van der Waals surface area contributed by atoms with Crippen molar-refractivity contribution in [3.63, 3.8) is 0 Å². The number of carbonyl (C=O) groups is 1. The van der Waals surface area contributed by atoms with Gasteiger partial charge in [0.2, 0.25) is 0 Å². The van der Waals surface area contributed by atoms with Crippen molar-refractivity contribution in [3.05, 3.63) is 52.0 Å². The van der Waals surface area contributed by atoms with E-state index in [0.717, 1.165) is 34.7 Å². The maximum absolute atomic E-state index is 12.4. The zero-order chi connectivity index (χ0) is 14.8. The van der Waals surface area contributed by atoms with E-state index < -0.39 is 0 Å². The molecule has 0 spiro atoms. The van der Waals surface area contributed by atoms with Gasteiger partial charge in [-0.2, -0.15) is 0 Å². The molecule has 0 bridgehead atoms. The van der Waals surface area contributed by atoms with E-state index >= 15 is 0 Å². The van der Waals surface area contributed by atoms with Gasteiger partial charge in [0.05, 0.1) is 22.3 Å². The summed E-state index contributed by atoms with van der Waals surface area (Å²) in [5.41, 5.74) is 2.08. The van der Waals surface area contributed by atoms with Gasteiger partial charge in [0, 0.05) is 11.4 Å². The molecule has 3 rings (SSSR count). The van der Waals surface area contributed by atoms with Gasteiger partial charge in [-0.1, -0.05) is 19.1 Å². The molecule has 0 saturated carbocycles. The molecular weight excluding hydrogens is 280 g/mol. The third kappa shape index (κ3) is 2.76. The van der Waals surface area contributed by atoms with E-state index in [1.54, 1.807) is 11.3 Å². The monoisotopic (exact) mass is 298 g/mol. The Hall–Kier alpha value is -1.94. The number of fused-ring (bicyclic) bond motifs is 1. The van der Waals surface area contributed by atoms with E-state index in [1.165, 1.54) is 4.88 Å². The van der Waals surface area contributed by atoms with Gasteiger partial charge in [-0.3, -0.25) is 4.79 Å². The maximum atomic E-state index is 12.4. The Morgan fingerprint density at radius 3 is 2.76 bits per heavy atom. The third-order valence-corrected chi connectivity index (χ3v) is 4.56. The Labute approximate surface area is 128 Å². The Morgan fingerprint density at radius 2 is 2.05 bits per heavy atom. The smallest absolute Gasteiger partial charge is 0.180 e. The minimum absolute atomic E-state index is 0.153. The molecule has 0 fully saturated rings. The van der Waals surface area contributed by atoms with Crippen LogP contribution in [0.3, 0.4) is 0 Å².